The summed E-state index contributed by atoms with van der Waals surface area (Å²) in [4.78, 5) is 22.0. The second-order valence-corrected chi connectivity index (χ2v) is 4.06. The molecule has 1 aliphatic carbocycles. The predicted octanol–water partition coefficient (Wildman–Crippen LogP) is 1.95. The monoisotopic (exact) mass is 253 g/mol. The smallest absolute Gasteiger partial charge is 0.235 e. The predicted molar refractivity (Wildman–Crippen MR) is 53.5 cm³/mol. The highest BCUT2D eigenvalue weighted by Crippen LogP contribution is 2.38. The molecule has 0 spiro atoms. The summed E-state index contributed by atoms with van der Waals surface area (Å²) >= 11 is 3.32. The topological polar surface area (TPSA) is 55.2 Å². The standard InChI is InChI=1S/C9H8BrN3O/c10-7-3-12-9(6-1-2-6)13-8(7)4-11-5-14/h3,6H,1-2,4H2. The number of isocyanates is 1. The lowest BCUT2D eigenvalue weighted by Crippen LogP contribution is -1.98. The van der Waals surface area contributed by atoms with Crippen molar-refractivity contribution in [1.29, 1.82) is 0 Å². The molecule has 0 N–H and O–H groups in total. The van der Waals surface area contributed by atoms with Gasteiger partial charge in [0.25, 0.3) is 0 Å². The zero-order valence-electron chi connectivity index (χ0n) is 7.40. The van der Waals surface area contributed by atoms with Crippen LogP contribution in [0, 0.1) is 0 Å². The highest BCUT2D eigenvalue weighted by atomic mass is 79.9. The Labute approximate surface area is 89.6 Å². The van der Waals surface area contributed by atoms with Crippen LogP contribution in [0.15, 0.2) is 15.7 Å². The van der Waals surface area contributed by atoms with Crippen molar-refractivity contribution in [1.82, 2.24) is 9.97 Å². The molecular formula is C9H8BrN3O. The van der Waals surface area contributed by atoms with Crippen molar-refractivity contribution >= 4 is 22.0 Å². The Morgan fingerprint density at radius 2 is 2.43 bits per heavy atom. The molecule has 4 nitrogen and oxygen atoms in total. The molecule has 72 valence electrons. The van der Waals surface area contributed by atoms with Crippen LogP contribution < -0.4 is 0 Å². The fourth-order valence-electron chi connectivity index (χ4n) is 1.17. The Morgan fingerprint density at radius 3 is 3.07 bits per heavy atom. The minimum absolute atomic E-state index is 0.270. The van der Waals surface area contributed by atoms with Gasteiger partial charge in [0, 0.05) is 12.1 Å². The number of carbonyl (C=O) groups excluding carboxylic acids is 1. The quantitative estimate of drug-likeness (QED) is 0.611. The molecule has 1 aromatic heterocycles. The highest BCUT2D eigenvalue weighted by Gasteiger charge is 2.26. The van der Waals surface area contributed by atoms with E-state index in [9.17, 15) is 4.79 Å². The maximum atomic E-state index is 9.97. The van der Waals surface area contributed by atoms with Gasteiger partial charge in [-0.15, -0.1) is 0 Å². The Balaban J connectivity index is 2.26. The Kier molecular flexibility index (Phi) is 2.70. The molecule has 0 saturated heterocycles. The maximum Gasteiger partial charge on any atom is 0.235 e. The van der Waals surface area contributed by atoms with Crippen LogP contribution in [0.4, 0.5) is 0 Å². The summed E-state index contributed by atoms with van der Waals surface area (Å²) in [5.74, 6) is 1.38. The van der Waals surface area contributed by atoms with Gasteiger partial charge in [0.2, 0.25) is 6.08 Å². The Bertz CT molecular complexity index is 397. The molecule has 14 heavy (non-hydrogen) atoms. The second kappa shape index (κ2) is 3.98. The van der Waals surface area contributed by atoms with Gasteiger partial charge in [-0.25, -0.2) is 14.8 Å². The summed E-state index contributed by atoms with van der Waals surface area (Å²) in [6.07, 6.45) is 5.55. The maximum absolute atomic E-state index is 9.97. The molecule has 0 bridgehead atoms. The molecule has 5 heteroatoms. The van der Waals surface area contributed by atoms with E-state index < -0.39 is 0 Å². The van der Waals surface area contributed by atoms with E-state index in [1.807, 2.05) is 0 Å². The summed E-state index contributed by atoms with van der Waals surface area (Å²) in [5.41, 5.74) is 0.755. The van der Waals surface area contributed by atoms with Gasteiger partial charge in [-0.05, 0) is 28.8 Å². The Hall–Kier alpha value is -1.06. The zero-order valence-corrected chi connectivity index (χ0v) is 8.99. The van der Waals surface area contributed by atoms with E-state index >= 15 is 0 Å². The van der Waals surface area contributed by atoms with Crippen LogP contribution in [0.3, 0.4) is 0 Å². The lowest BCUT2D eigenvalue weighted by molar-refractivity contribution is 0.562. The zero-order chi connectivity index (χ0) is 9.97. The fraction of sp³-hybridized carbons (Fsp3) is 0.444. The third-order valence-corrected chi connectivity index (χ3v) is 2.73. The van der Waals surface area contributed by atoms with Gasteiger partial charge in [-0.2, -0.15) is 4.99 Å². The van der Waals surface area contributed by atoms with Crippen LogP contribution in [0.1, 0.15) is 30.3 Å². The SMILES string of the molecule is O=C=NCc1nc(C2CC2)ncc1Br. The first-order valence-electron chi connectivity index (χ1n) is 4.36. The minimum Gasteiger partial charge on any atom is -0.240 e. The molecule has 1 aliphatic rings. The van der Waals surface area contributed by atoms with Gasteiger partial charge in [0.05, 0.1) is 16.7 Å². The summed E-state index contributed by atoms with van der Waals surface area (Å²) in [7, 11) is 0. The van der Waals surface area contributed by atoms with Crippen LogP contribution in [0.5, 0.6) is 0 Å². The van der Waals surface area contributed by atoms with Crippen LogP contribution in [-0.4, -0.2) is 16.0 Å². The van der Waals surface area contributed by atoms with Crippen molar-refractivity contribution in [3.8, 4) is 0 Å². The largest absolute Gasteiger partial charge is 0.240 e. The van der Waals surface area contributed by atoms with E-state index in [-0.39, 0.29) is 6.54 Å². The van der Waals surface area contributed by atoms with Crippen molar-refractivity contribution in [2.45, 2.75) is 25.3 Å². The summed E-state index contributed by atoms with van der Waals surface area (Å²) < 4.78 is 0.793. The highest BCUT2D eigenvalue weighted by molar-refractivity contribution is 9.10. The van der Waals surface area contributed by atoms with Gasteiger partial charge >= 0.3 is 0 Å². The molecule has 2 rings (SSSR count). The molecule has 1 aromatic rings. The van der Waals surface area contributed by atoms with E-state index in [0.29, 0.717) is 5.92 Å². The third-order valence-electron chi connectivity index (χ3n) is 2.07. The second-order valence-electron chi connectivity index (χ2n) is 3.20. The molecule has 1 saturated carbocycles. The van der Waals surface area contributed by atoms with Crippen molar-refractivity contribution in [2.75, 3.05) is 0 Å². The first kappa shape index (κ1) is 9.49. The van der Waals surface area contributed by atoms with Crippen molar-refractivity contribution in [3.63, 3.8) is 0 Å². The molecular weight excluding hydrogens is 246 g/mol. The summed E-state index contributed by atoms with van der Waals surface area (Å²) in [6, 6.07) is 0. The molecule has 0 atom stereocenters. The van der Waals surface area contributed by atoms with Crippen LogP contribution >= 0.6 is 15.9 Å². The summed E-state index contributed by atoms with van der Waals surface area (Å²) in [6.45, 7) is 0.270. The van der Waals surface area contributed by atoms with Gasteiger partial charge < -0.3 is 0 Å². The van der Waals surface area contributed by atoms with Crippen molar-refractivity contribution < 1.29 is 4.79 Å². The van der Waals surface area contributed by atoms with E-state index in [1.165, 1.54) is 6.08 Å². The van der Waals surface area contributed by atoms with E-state index in [2.05, 4.69) is 30.9 Å². The van der Waals surface area contributed by atoms with E-state index in [4.69, 9.17) is 0 Å². The number of hydrogen-bond donors (Lipinski definition) is 0. The molecule has 1 fully saturated rings. The first-order valence-corrected chi connectivity index (χ1v) is 5.15. The number of hydrogen-bond acceptors (Lipinski definition) is 4. The summed E-state index contributed by atoms with van der Waals surface area (Å²) in [5, 5.41) is 0. The lowest BCUT2D eigenvalue weighted by Gasteiger charge is -2.01. The van der Waals surface area contributed by atoms with Crippen molar-refractivity contribution in [2.24, 2.45) is 4.99 Å². The number of aromatic nitrogens is 2. The minimum atomic E-state index is 0.270. The Morgan fingerprint density at radius 1 is 1.64 bits per heavy atom. The van der Waals surface area contributed by atoms with Crippen LogP contribution in [0.25, 0.3) is 0 Å². The van der Waals surface area contributed by atoms with Gasteiger partial charge in [-0.3, -0.25) is 0 Å². The number of halogens is 1. The normalized spacial score (nSPS) is 14.9. The molecule has 0 aromatic carbocycles. The molecule has 0 aliphatic heterocycles. The van der Waals surface area contributed by atoms with Crippen LogP contribution in [-0.2, 0) is 11.3 Å². The molecule has 0 unspecified atom stereocenters. The van der Waals surface area contributed by atoms with Gasteiger partial charge in [-0.1, -0.05) is 0 Å². The van der Waals surface area contributed by atoms with E-state index in [0.717, 1.165) is 28.8 Å². The molecule has 0 radical (unpaired) electrons. The fourth-order valence-corrected chi connectivity index (χ4v) is 1.49. The van der Waals surface area contributed by atoms with Crippen LogP contribution in [0.2, 0.25) is 0 Å². The molecule has 1 heterocycles. The van der Waals surface area contributed by atoms with E-state index in [1.54, 1.807) is 6.20 Å². The first-order chi connectivity index (χ1) is 6.81. The molecule has 0 amide bonds. The van der Waals surface area contributed by atoms with Gasteiger partial charge in [0.15, 0.2) is 0 Å². The number of nitrogens with zero attached hydrogens (tertiary/aromatic N) is 3. The lowest BCUT2D eigenvalue weighted by atomic mass is 10.3. The average molecular weight is 254 g/mol. The number of rotatable bonds is 3. The van der Waals surface area contributed by atoms with Gasteiger partial charge in [0.1, 0.15) is 5.82 Å². The third kappa shape index (κ3) is 2.05. The average Bonchev–Trinajstić information content (AvgIpc) is 3.00. The van der Waals surface area contributed by atoms with Crippen molar-refractivity contribution in [3.05, 3.63) is 22.2 Å². The number of aliphatic imine (C=N–C) groups is 1.